The second-order valence-corrected chi connectivity index (χ2v) is 7.83. The average molecular weight is 495 g/mol. The normalized spacial score (nSPS) is 11.6. The van der Waals surface area contributed by atoms with Gasteiger partial charge in [-0.05, 0) is 37.3 Å². The third kappa shape index (κ3) is 5.03. The molecule has 0 aliphatic rings. The van der Waals surface area contributed by atoms with Gasteiger partial charge in [0.2, 0.25) is 5.88 Å². The molecule has 0 aliphatic carbocycles. The molecule has 4 aromatic rings. The van der Waals surface area contributed by atoms with Gasteiger partial charge < -0.3 is 4.74 Å². The maximum Gasteiger partial charge on any atom is 0.417 e. The Kier molecular flexibility index (Phi) is 6.28. The molecule has 0 aliphatic heterocycles. The van der Waals surface area contributed by atoms with Crippen molar-refractivity contribution in [2.24, 2.45) is 0 Å². The summed E-state index contributed by atoms with van der Waals surface area (Å²) < 4.78 is 70.2. The fourth-order valence-corrected chi connectivity index (χ4v) is 3.84. The SMILES string of the molecule is Cc1nc(NC(=O)c2ccc(Oc3ccc(C(F)(F)F)cn3)cc2)sc1-c1nccn1C(F)F. The van der Waals surface area contributed by atoms with Crippen LogP contribution in [0, 0.1) is 6.92 Å². The molecule has 0 radical (unpaired) electrons. The van der Waals surface area contributed by atoms with Crippen molar-refractivity contribution in [3.05, 3.63) is 71.8 Å². The van der Waals surface area contributed by atoms with E-state index in [1.54, 1.807) is 6.92 Å². The van der Waals surface area contributed by atoms with E-state index in [1.165, 1.54) is 30.5 Å². The van der Waals surface area contributed by atoms with Gasteiger partial charge in [0.05, 0.1) is 16.1 Å². The summed E-state index contributed by atoms with van der Waals surface area (Å²) in [4.78, 5) is 24.7. The lowest BCUT2D eigenvalue weighted by molar-refractivity contribution is -0.137. The van der Waals surface area contributed by atoms with Gasteiger partial charge in [0.25, 0.3) is 5.91 Å². The number of carbonyl (C=O) groups is 1. The second kappa shape index (κ2) is 9.17. The Morgan fingerprint density at radius 2 is 1.85 bits per heavy atom. The number of benzene rings is 1. The lowest BCUT2D eigenvalue weighted by Crippen LogP contribution is -2.11. The molecule has 3 aromatic heterocycles. The summed E-state index contributed by atoms with van der Waals surface area (Å²) in [6.07, 6.45) is -1.43. The van der Waals surface area contributed by atoms with E-state index in [0.29, 0.717) is 21.3 Å². The average Bonchev–Trinajstić information content (AvgIpc) is 3.40. The summed E-state index contributed by atoms with van der Waals surface area (Å²) in [5.74, 6) is -0.242. The highest BCUT2D eigenvalue weighted by Crippen LogP contribution is 2.34. The van der Waals surface area contributed by atoms with E-state index >= 15 is 0 Å². The van der Waals surface area contributed by atoms with Crippen molar-refractivity contribution >= 4 is 22.4 Å². The molecule has 0 saturated carbocycles. The van der Waals surface area contributed by atoms with Crippen molar-refractivity contribution in [1.29, 1.82) is 0 Å². The Balaban J connectivity index is 1.43. The lowest BCUT2D eigenvalue weighted by Gasteiger charge is -2.08. The van der Waals surface area contributed by atoms with Crippen LogP contribution in [0.5, 0.6) is 11.6 Å². The van der Waals surface area contributed by atoms with Crippen molar-refractivity contribution in [1.82, 2.24) is 19.5 Å². The van der Waals surface area contributed by atoms with Crippen molar-refractivity contribution in [3.63, 3.8) is 0 Å². The van der Waals surface area contributed by atoms with Crippen LogP contribution in [0.25, 0.3) is 10.7 Å². The number of carbonyl (C=O) groups excluding carboxylic acids is 1. The highest BCUT2D eigenvalue weighted by molar-refractivity contribution is 7.19. The number of thiazole rings is 1. The molecule has 0 unspecified atom stereocenters. The molecule has 13 heteroatoms. The van der Waals surface area contributed by atoms with Crippen molar-refractivity contribution in [2.45, 2.75) is 19.6 Å². The molecule has 176 valence electrons. The number of aromatic nitrogens is 4. The number of imidazole rings is 1. The number of pyridine rings is 1. The quantitative estimate of drug-likeness (QED) is 0.324. The number of nitrogens with one attached hydrogen (secondary N) is 1. The number of amides is 1. The largest absolute Gasteiger partial charge is 0.439 e. The van der Waals surface area contributed by atoms with Gasteiger partial charge >= 0.3 is 12.7 Å². The number of rotatable bonds is 6. The molecular weight excluding hydrogens is 481 g/mol. The fourth-order valence-electron chi connectivity index (χ4n) is 2.88. The molecule has 34 heavy (non-hydrogen) atoms. The van der Waals surface area contributed by atoms with Gasteiger partial charge in [-0.25, -0.2) is 15.0 Å². The highest BCUT2D eigenvalue weighted by atomic mass is 32.1. The van der Waals surface area contributed by atoms with Gasteiger partial charge in [0.1, 0.15) is 5.75 Å². The Labute approximate surface area is 192 Å². The van der Waals surface area contributed by atoms with Crippen LogP contribution in [0.1, 0.15) is 28.2 Å². The first-order valence-corrected chi connectivity index (χ1v) is 10.3. The smallest absolute Gasteiger partial charge is 0.417 e. The Hall–Kier alpha value is -3.87. The molecule has 1 aromatic carbocycles. The predicted octanol–water partition coefficient (Wildman–Crippen LogP) is 6.17. The molecule has 1 N–H and O–H groups in total. The van der Waals surface area contributed by atoms with Crippen LogP contribution in [0.3, 0.4) is 0 Å². The van der Waals surface area contributed by atoms with Crippen molar-refractivity contribution in [2.75, 3.05) is 5.32 Å². The zero-order chi connectivity index (χ0) is 24.5. The number of hydrogen-bond donors (Lipinski definition) is 1. The predicted molar refractivity (Wildman–Crippen MR) is 113 cm³/mol. The minimum atomic E-state index is -4.50. The minimum Gasteiger partial charge on any atom is -0.439 e. The first-order valence-electron chi connectivity index (χ1n) is 9.53. The minimum absolute atomic E-state index is 0.0434. The van der Waals surface area contributed by atoms with E-state index in [-0.39, 0.29) is 28.1 Å². The van der Waals surface area contributed by atoms with Crippen LogP contribution >= 0.6 is 11.3 Å². The molecule has 0 bridgehead atoms. The summed E-state index contributed by atoms with van der Waals surface area (Å²) >= 11 is 1.01. The zero-order valence-electron chi connectivity index (χ0n) is 17.2. The first kappa shape index (κ1) is 23.3. The number of ether oxygens (including phenoxy) is 1. The van der Waals surface area contributed by atoms with Gasteiger partial charge in [-0.2, -0.15) is 22.0 Å². The molecular formula is C21H14F5N5O2S. The van der Waals surface area contributed by atoms with E-state index < -0.39 is 24.2 Å². The molecule has 4 rings (SSSR count). The number of nitrogens with zero attached hydrogens (tertiary/aromatic N) is 4. The highest BCUT2D eigenvalue weighted by Gasteiger charge is 2.30. The van der Waals surface area contributed by atoms with Crippen LogP contribution in [0.15, 0.2) is 55.0 Å². The molecule has 0 fully saturated rings. The van der Waals surface area contributed by atoms with E-state index in [4.69, 9.17) is 4.74 Å². The van der Waals surface area contributed by atoms with Gasteiger partial charge in [-0.1, -0.05) is 11.3 Å². The maximum atomic E-state index is 13.1. The topological polar surface area (TPSA) is 81.9 Å². The fraction of sp³-hybridized carbons (Fsp3) is 0.143. The summed E-state index contributed by atoms with van der Waals surface area (Å²) in [7, 11) is 0. The second-order valence-electron chi connectivity index (χ2n) is 6.83. The molecule has 3 heterocycles. The summed E-state index contributed by atoms with van der Waals surface area (Å²) in [6, 6.07) is 7.73. The number of hydrogen-bond acceptors (Lipinski definition) is 6. The van der Waals surface area contributed by atoms with Gasteiger partial charge in [0.15, 0.2) is 11.0 Å². The van der Waals surface area contributed by atoms with Gasteiger partial charge in [-0.15, -0.1) is 0 Å². The van der Waals surface area contributed by atoms with E-state index in [2.05, 4.69) is 20.3 Å². The first-order chi connectivity index (χ1) is 16.1. The van der Waals surface area contributed by atoms with Crippen LogP contribution in [0.4, 0.5) is 27.1 Å². The lowest BCUT2D eigenvalue weighted by atomic mass is 10.2. The molecule has 0 saturated heterocycles. The Bertz CT molecular complexity index is 1300. The molecule has 0 spiro atoms. The number of halogens is 5. The van der Waals surface area contributed by atoms with Crippen LogP contribution in [-0.4, -0.2) is 25.4 Å². The molecule has 0 atom stereocenters. The maximum absolute atomic E-state index is 13.1. The number of alkyl halides is 5. The van der Waals surface area contributed by atoms with E-state index in [0.717, 1.165) is 29.7 Å². The van der Waals surface area contributed by atoms with Crippen LogP contribution in [-0.2, 0) is 6.18 Å². The third-order valence-corrected chi connectivity index (χ3v) is 5.57. The van der Waals surface area contributed by atoms with Crippen LogP contribution < -0.4 is 10.1 Å². The monoisotopic (exact) mass is 495 g/mol. The van der Waals surface area contributed by atoms with Crippen molar-refractivity contribution < 1.29 is 31.5 Å². The Morgan fingerprint density at radius 3 is 2.47 bits per heavy atom. The van der Waals surface area contributed by atoms with Gasteiger partial charge in [0, 0.05) is 30.2 Å². The van der Waals surface area contributed by atoms with Crippen molar-refractivity contribution in [3.8, 4) is 22.3 Å². The van der Waals surface area contributed by atoms with Gasteiger partial charge in [-0.3, -0.25) is 14.7 Å². The molecule has 7 nitrogen and oxygen atoms in total. The Morgan fingerprint density at radius 1 is 1.12 bits per heavy atom. The van der Waals surface area contributed by atoms with Crippen LogP contribution in [0.2, 0.25) is 0 Å². The summed E-state index contributed by atoms with van der Waals surface area (Å²) in [6.45, 7) is -1.15. The third-order valence-electron chi connectivity index (χ3n) is 4.50. The van der Waals surface area contributed by atoms with E-state index in [9.17, 15) is 26.7 Å². The summed E-state index contributed by atoms with van der Waals surface area (Å²) in [5.41, 5.74) is -0.219. The molecule has 1 amide bonds. The standard InChI is InChI=1S/C21H14F5N5O2S/c1-11-16(17-27-8-9-31(17)19(22)23)34-20(29-11)30-18(32)12-2-5-14(6-3-12)33-15-7-4-13(10-28-15)21(24,25)26/h2-10,19H,1H3,(H,29,30,32). The summed E-state index contributed by atoms with van der Waals surface area (Å²) in [5, 5.41) is 2.81. The number of anilines is 1. The zero-order valence-corrected chi connectivity index (χ0v) is 18.0. The van der Waals surface area contributed by atoms with E-state index in [1.807, 2.05) is 0 Å². The number of aryl methyl sites for hydroxylation is 1.